The number of aryl methyl sites for hydroxylation is 2. The molecule has 0 aliphatic heterocycles. The van der Waals surface area contributed by atoms with Crippen LogP contribution in [0.5, 0.6) is 0 Å². The van der Waals surface area contributed by atoms with Crippen LogP contribution in [0, 0.1) is 6.92 Å². The van der Waals surface area contributed by atoms with E-state index in [9.17, 15) is 0 Å². The summed E-state index contributed by atoms with van der Waals surface area (Å²) in [6.07, 6.45) is 2.19. The minimum atomic E-state index is 0.554. The van der Waals surface area contributed by atoms with Crippen molar-refractivity contribution in [1.82, 2.24) is 10.3 Å². The van der Waals surface area contributed by atoms with Gasteiger partial charge in [-0.3, -0.25) is 4.98 Å². The molecule has 1 atom stereocenters. The lowest BCUT2D eigenvalue weighted by Gasteiger charge is -2.14. The predicted molar refractivity (Wildman–Crippen MR) is 82.5 cm³/mol. The second-order valence-electron chi connectivity index (χ2n) is 5.28. The second-order valence-corrected chi connectivity index (χ2v) is 5.28. The van der Waals surface area contributed by atoms with Gasteiger partial charge in [-0.05, 0) is 43.9 Å². The molecule has 0 aliphatic rings. The van der Waals surface area contributed by atoms with Crippen molar-refractivity contribution in [2.45, 2.75) is 53.1 Å². The maximum atomic E-state index is 4.73. The van der Waals surface area contributed by atoms with E-state index in [1.165, 1.54) is 22.0 Å². The highest BCUT2D eigenvalue weighted by molar-refractivity contribution is 5.85. The molecule has 0 fully saturated rings. The Kier molecular flexibility index (Phi) is 4.54. The first kappa shape index (κ1) is 14.0. The Morgan fingerprint density at radius 3 is 2.68 bits per heavy atom. The number of rotatable bonds is 5. The van der Waals surface area contributed by atoms with E-state index in [4.69, 9.17) is 4.98 Å². The number of hydrogen-bond acceptors (Lipinski definition) is 2. The zero-order valence-electron chi connectivity index (χ0n) is 12.5. The van der Waals surface area contributed by atoms with Crippen LogP contribution in [0.4, 0.5) is 0 Å². The van der Waals surface area contributed by atoms with Gasteiger partial charge in [0.25, 0.3) is 0 Å². The van der Waals surface area contributed by atoms with Crippen molar-refractivity contribution < 1.29 is 0 Å². The summed E-state index contributed by atoms with van der Waals surface area (Å²) in [5.41, 5.74) is 4.98. The van der Waals surface area contributed by atoms with Crippen molar-refractivity contribution in [3.05, 3.63) is 41.1 Å². The molecule has 2 nitrogen and oxygen atoms in total. The summed E-state index contributed by atoms with van der Waals surface area (Å²) in [4.78, 5) is 4.73. The van der Waals surface area contributed by atoms with E-state index in [1.807, 2.05) is 0 Å². The summed E-state index contributed by atoms with van der Waals surface area (Å²) in [6.45, 7) is 9.63. The van der Waals surface area contributed by atoms with Crippen molar-refractivity contribution in [2.75, 3.05) is 0 Å². The molecule has 1 heterocycles. The third kappa shape index (κ3) is 3.13. The molecule has 102 valence electrons. The number of aromatic nitrogens is 1. The minimum absolute atomic E-state index is 0.554. The van der Waals surface area contributed by atoms with Crippen molar-refractivity contribution in [1.29, 1.82) is 0 Å². The zero-order valence-corrected chi connectivity index (χ0v) is 12.5. The Hall–Kier alpha value is -1.41. The van der Waals surface area contributed by atoms with Crippen LogP contribution in [0.1, 0.15) is 44.0 Å². The van der Waals surface area contributed by atoms with Crippen molar-refractivity contribution in [3.63, 3.8) is 0 Å². The van der Waals surface area contributed by atoms with Crippen LogP contribution in [0.25, 0.3) is 10.9 Å². The van der Waals surface area contributed by atoms with Gasteiger partial charge in [0.2, 0.25) is 0 Å². The van der Waals surface area contributed by atoms with Crippen LogP contribution >= 0.6 is 0 Å². The Morgan fingerprint density at radius 1 is 1.21 bits per heavy atom. The third-order valence-electron chi connectivity index (χ3n) is 3.77. The lowest BCUT2D eigenvalue weighted by atomic mass is 10.0. The molecule has 1 aromatic carbocycles. The summed E-state index contributed by atoms with van der Waals surface area (Å²) in [6, 6.07) is 9.27. The maximum Gasteiger partial charge on any atom is 0.0740 e. The fourth-order valence-electron chi connectivity index (χ4n) is 2.38. The number of nitrogens with one attached hydrogen (secondary N) is 1. The van der Waals surface area contributed by atoms with Gasteiger partial charge in [0.1, 0.15) is 0 Å². The van der Waals surface area contributed by atoms with Gasteiger partial charge >= 0.3 is 0 Å². The van der Waals surface area contributed by atoms with Crippen LogP contribution in [0.15, 0.2) is 24.3 Å². The molecule has 0 amide bonds. The third-order valence-corrected chi connectivity index (χ3v) is 3.77. The molecule has 1 unspecified atom stereocenters. The van der Waals surface area contributed by atoms with Crippen LogP contribution in [0.3, 0.4) is 0 Å². The first-order valence-corrected chi connectivity index (χ1v) is 7.27. The number of nitrogens with zero attached hydrogens (tertiary/aromatic N) is 1. The molecule has 0 saturated carbocycles. The molecule has 2 aromatic rings. The van der Waals surface area contributed by atoms with Gasteiger partial charge in [-0.15, -0.1) is 0 Å². The van der Waals surface area contributed by atoms with Gasteiger partial charge < -0.3 is 5.32 Å². The molecule has 19 heavy (non-hydrogen) atoms. The molecule has 1 aromatic heterocycles. The van der Waals surface area contributed by atoms with Crippen molar-refractivity contribution in [3.8, 4) is 0 Å². The predicted octanol–water partition coefficient (Wildman–Crippen LogP) is 3.99. The number of pyridine rings is 1. The standard InChI is InChI=1S/C17H24N2/c1-5-12(3)18-11-15-10-13(4)19-17-14(6-2)8-7-9-16(15)17/h7-10,12,18H,5-6,11H2,1-4H3. The minimum Gasteiger partial charge on any atom is -0.310 e. The van der Waals surface area contributed by atoms with Gasteiger partial charge in [0.15, 0.2) is 0 Å². The molecular formula is C17H24N2. The van der Waals surface area contributed by atoms with Crippen LogP contribution < -0.4 is 5.32 Å². The van der Waals surface area contributed by atoms with Crippen LogP contribution in [-0.4, -0.2) is 11.0 Å². The van der Waals surface area contributed by atoms with E-state index in [-0.39, 0.29) is 0 Å². The smallest absolute Gasteiger partial charge is 0.0740 e. The normalized spacial score (nSPS) is 12.8. The van der Waals surface area contributed by atoms with Crippen LogP contribution in [-0.2, 0) is 13.0 Å². The molecule has 0 spiro atoms. The average Bonchev–Trinajstić information content (AvgIpc) is 2.43. The quantitative estimate of drug-likeness (QED) is 0.875. The van der Waals surface area contributed by atoms with E-state index in [1.54, 1.807) is 0 Å². The SMILES string of the molecule is CCc1cccc2c(CNC(C)CC)cc(C)nc12. The lowest BCUT2D eigenvalue weighted by molar-refractivity contribution is 0.535. The number of benzene rings is 1. The Balaban J connectivity index is 2.42. The van der Waals surface area contributed by atoms with Crippen LogP contribution in [0.2, 0.25) is 0 Å². The Morgan fingerprint density at radius 2 is 2.00 bits per heavy atom. The van der Waals surface area contributed by atoms with Gasteiger partial charge in [-0.25, -0.2) is 0 Å². The lowest BCUT2D eigenvalue weighted by Crippen LogP contribution is -2.24. The molecule has 0 bridgehead atoms. The van der Waals surface area contributed by atoms with E-state index in [2.05, 4.69) is 57.3 Å². The second kappa shape index (κ2) is 6.16. The van der Waals surface area contributed by atoms with Gasteiger partial charge in [0.05, 0.1) is 5.52 Å². The molecule has 2 rings (SSSR count). The topological polar surface area (TPSA) is 24.9 Å². The summed E-state index contributed by atoms with van der Waals surface area (Å²) in [5.74, 6) is 0. The summed E-state index contributed by atoms with van der Waals surface area (Å²) >= 11 is 0. The first-order valence-electron chi connectivity index (χ1n) is 7.27. The number of fused-ring (bicyclic) bond motifs is 1. The Bertz CT molecular complexity index is 560. The largest absolute Gasteiger partial charge is 0.310 e. The van der Waals surface area contributed by atoms with Gasteiger partial charge in [0, 0.05) is 23.7 Å². The monoisotopic (exact) mass is 256 g/mol. The molecule has 2 heteroatoms. The zero-order chi connectivity index (χ0) is 13.8. The summed E-state index contributed by atoms with van der Waals surface area (Å²) in [5, 5.41) is 4.87. The van der Waals surface area contributed by atoms with E-state index in [0.29, 0.717) is 6.04 Å². The van der Waals surface area contributed by atoms with Crippen molar-refractivity contribution in [2.24, 2.45) is 0 Å². The fourth-order valence-corrected chi connectivity index (χ4v) is 2.38. The summed E-state index contributed by atoms with van der Waals surface area (Å²) in [7, 11) is 0. The molecule has 0 aliphatic carbocycles. The van der Waals surface area contributed by atoms with E-state index >= 15 is 0 Å². The van der Waals surface area contributed by atoms with E-state index in [0.717, 1.165) is 25.1 Å². The van der Waals surface area contributed by atoms with Gasteiger partial charge in [-0.2, -0.15) is 0 Å². The van der Waals surface area contributed by atoms with E-state index < -0.39 is 0 Å². The highest BCUT2D eigenvalue weighted by Crippen LogP contribution is 2.22. The fraction of sp³-hybridized carbons (Fsp3) is 0.471. The Labute approximate surface area is 116 Å². The first-order chi connectivity index (χ1) is 9.15. The molecular weight excluding hydrogens is 232 g/mol. The molecule has 0 radical (unpaired) electrons. The van der Waals surface area contributed by atoms with Crippen molar-refractivity contribution >= 4 is 10.9 Å². The van der Waals surface area contributed by atoms with Gasteiger partial charge in [-0.1, -0.05) is 32.0 Å². The molecule has 1 N–H and O–H groups in total. The maximum absolute atomic E-state index is 4.73. The average molecular weight is 256 g/mol. The molecule has 0 saturated heterocycles. The highest BCUT2D eigenvalue weighted by atomic mass is 14.9. The highest BCUT2D eigenvalue weighted by Gasteiger charge is 2.08. The number of hydrogen-bond donors (Lipinski definition) is 1. The summed E-state index contributed by atoms with van der Waals surface area (Å²) < 4.78 is 0. The number of para-hydroxylation sites is 1.